The van der Waals surface area contributed by atoms with E-state index in [4.69, 9.17) is 10.00 Å². The lowest BCUT2D eigenvalue weighted by Crippen LogP contribution is -2.16. The molecule has 1 aromatic heterocycles. The maximum Gasteiger partial charge on any atom is 0.314 e. The second-order valence-corrected chi connectivity index (χ2v) is 3.51. The molecule has 0 unspecified atom stereocenters. The SMILES string of the molecule is CC(=Nc1[nH]ncc1C#N)[C@@H]1CCOC1=O. The number of carbonyl (C=O) groups is 1. The Balaban J connectivity index is 2.24. The summed E-state index contributed by atoms with van der Waals surface area (Å²) in [7, 11) is 0. The molecule has 1 aliphatic heterocycles. The lowest BCUT2D eigenvalue weighted by molar-refractivity contribution is -0.139. The largest absolute Gasteiger partial charge is 0.465 e. The summed E-state index contributed by atoms with van der Waals surface area (Å²) in [5.41, 5.74) is 1.01. The van der Waals surface area contributed by atoms with E-state index in [1.54, 1.807) is 6.92 Å². The van der Waals surface area contributed by atoms with Crippen LogP contribution < -0.4 is 0 Å². The van der Waals surface area contributed by atoms with Crippen LogP contribution in [-0.4, -0.2) is 28.5 Å². The van der Waals surface area contributed by atoms with Crippen molar-refractivity contribution in [2.45, 2.75) is 13.3 Å². The van der Waals surface area contributed by atoms with Crippen LogP contribution in [-0.2, 0) is 9.53 Å². The summed E-state index contributed by atoms with van der Waals surface area (Å²) in [6.07, 6.45) is 2.04. The Morgan fingerprint density at radius 3 is 3.25 bits per heavy atom. The Bertz CT molecular complexity index is 483. The van der Waals surface area contributed by atoms with E-state index in [0.29, 0.717) is 30.1 Å². The maximum atomic E-state index is 11.3. The van der Waals surface area contributed by atoms with Gasteiger partial charge < -0.3 is 4.74 Å². The van der Waals surface area contributed by atoms with Crippen LogP contribution in [0.25, 0.3) is 0 Å². The van der Waals surface area contributed by atoms with Gasteiger partial charge >= 0.3 is 5.97 Å². The molecule has 0 saturated carbocycles. The molecule has 0 aromatic carbocycles. The number of aliphatic imine (C=N–C) groups is 1. The normalized spacial score (nSPS) is 20.6. The molecule has 0 amide bonds. The number of rotatable bonds is 2. The summed E-state index contributed by atoms with van der Waals surface area (Å²) in [5, 5.41) is 15.1. The molecule has 0 spiro atoms. The van der Waals surface area contributed by atoms with Gasteiger partial charge in [0.15, 0.2) is 5.82 Å². The molecule has 0 radical (unpaired) electrons. The molecule has 1 saturated heterocycles. The third-order valence-electron chi connectivity index (χ3n) is 2.47. The Morgan fingerprint density at radius 2 is 2.62 bits per heavy atom. The van der Waals surface area contributed by atoms with Crippen LogP contribution >= 0.6 is 0 Å². The number of nitrogens with one attached hydrogen (secondary N) is 1. The maximum absolute atomic E-state index is 11.3. The highest BCUT2D eigenvalue weighted by Gasteiger charge is 2.29. The number of ether oxygens (including phenoxy) is 1. The standard InChI is InChI=1S/C10H10N4O2/c1-6(8-2-3-16-10(8)15)13-9-7(4-11)5-12-14-9/h5,8H,2-3H2,1H3,(H,12,14)/t8-/m0/s1. The van der Waals surface area contributed by atoms with Gasteiger partial charge in [-0.2, -0.15) is 10.4 Å². The van der Waals surface area contributed by atoms with E-state index in [-0.39, 0.29) is 11.9 Å². The molecule has 6 nitrogen and oxygen atoms in total. The van der Waals surface area contributed by atoms with Crippen molar-refractivity contribution in [1.82, 2.24) is 10.2 Å². The smallest absolute Gasteiger partial charge is 0.314 e. The molecule has 1 aromatic rings. The number of hydrogen-bond donors (Lipinski definition) is 1. The van der Waals surface area contributed by atoms with Gasteiger partial charge in [-0.1, -0.05) is 0 Å². The van der Waals surface area contributed by atoms with Gasteiger partial charge in [0.25, 0.3) is 0 Å². The average molecular weight is 218 g/mol. The minimum absolute atomic E-state index is 0.251. The lowest BCUT2D eigenvalue weighted by Gasteiger charge is -2.03. The Hall–Kier alpha value is -2.16. The summed E-state index contributed by atoms with van der Waals surface area (Å²) in [6, 6.07) is 1.97. The highest BCUT2D eigenvalue weighted by atomic mass is 16.5. The van der Waals surface area contributed by atoms with Crippen LogP contribution in [0.3, 0.4) is 0 Å². The fourth-order valence-electron chi connectivity index (χ4n) is 1.58. The number of hydrogen-bond acceptors (Lipinski definition) is 5. The van der Waals surface area contributed by atoms with E-state index < -0.39 is 0 Å². The first-order valence-electron chi connectivity index (χ1n) is 4.87. The first kappa shape index (κ1) is 10.4. The average Bonchev–Trinajstić information content (AvgIpc) is 2.86. The molecule has 6 heteroatoms. The molecule has 82 valence electrons. The summed E-state index contributed by atoms with van der Waals surface area (Å²) in [5.74, 6) is -0.159. The first-order valence-corrected chi connectivity index (χ1v) is 4.87. The van der Waals surface area contributed by atoms with Crippen LogP contribution in [0.5, 0.6) is 0 Å². The second kappa shape index (κ2) is 4.14. The Labute approximate surface area is 91.9 Å². The fourth-order valence-corrected chi connectivity index (χ4v) is 1.58. The zero-order valence-electron chi connectivity index (χ0n) is 8.73. The molecule has 1 atom stereocenters. The molecule has 2 heterocycles. The zero-order chi connectivity index (χ0) is 11.5. The van der Waals surface area contributed by atoms with Crippen LogP contribution in [0.2, 0.25) is 0 Å². The number of aromatic nitrogens is 2. The molecular formula is C10H10N4O2. The van der Waals surface area contributed by atoms with Crippen LogP contribution in [0.15, 0.2) is 11.2 Å². The van der Waals surface area contributed by atoms with Crippen molar-refractivity contribution in [2.24, 2.45) is 10.9 Å². The molecule has 1 fully saturated rings. The highest BCUT2D eigenvalue weighted by Crippen LogP contribution is 2.20. The summed E-state index contributed by atoms with van der Waals surface area (Å²) in [6.45, 7) is 2.18. The monoisotopic (exact) mass is 218 g/mol. The molecule has 2 rings (SSSR count). The minimum atomic E-state index is -0.296. The van der Waals surface area contributed by atoms with E-state index in [1.807, 2.05) is 6.07 Å². The van der Waals surface area contributed by atoms with Gasteiger partial charge in [-0.3, -0.25) is 9.89 Å². The minimum Gasteiger partial charge on any atom is -0.465 e. The number of carbonyl (C=O) groups excluding carboxylic acids is 1. The molecule has 1 N–H and O–H groups in total. The molecule has 0 bridgehead atoms. The number of nitrogens with zero attached hydrogens (tertiary/aromatic N) is 3. The van der Waals surface area contributed by atoms with Gasteiger partial charge in [0.2, 0.25) is 0 Å². The summed E-state index contributed by atoms with van der Waals surface area (Å²) in [4.78, 5) is 15.5. The molecular weight excluding hydrogens is 208 g/mol. The van der Waals surface area contributed by atoms with E-state index >= 15 is 0 Å². The van der Waals surface area contributed by atoms with Crippen molar-refractivity contribution in [2.75, 3.05) is 6.61 Å². The number of nitriles is 1. The van der Waals surface area contributed by atoms with Crippen LogP contribution in [0.4, 0.5) is 5.82 Å². The fraction of sp³-hybridized carbons (Fsp3) is 0.400. The van der Waals surface area contributed by atoms with Crippen molar-refractivity contribution >= 4 is 17.5 Å². The number of aromatic amines is 1. The topological polar surface area (TPSA) is 91.1 Å². The third-order valence-corrected chi connectivity index (χ3v) is 2.47. The van der Waals surface area contributed by atoms with Gasteiger partial charge in [-0.15, -0.1) is 0 Å². The zero-order valence-corrected chi connectivity index (χ0v) is 8.73. The first-order chi connectivity index (χ1) is 7.72. The molecule has 1 aliphatic rings. The van der Waals surface area contributed by atoms with Gasteiger partial charge in [0.05, 0.1) is 18.7 Å². The van der Waals surface area contributed by atoms with Gasteiger partial charge in [0, 0.05) is 12.1 Å². The van der Waals surface area contributed by atoms with E-state index in [2.05, 4.69) is 15.2 Å². The third kappa shape index (κ3) is 1.80. The van der Waals surface area contributed by atoms with Crippen molar-refractivity contribution in [3.05, 3.63) is 11.8 Å². The van der Waals surface area contributed by atoms with Crippen molar-refractivity contribution in [3.63, 3.8) is 0 Å². The number of H-pyrrole nitrogens is 1. The molecule has 16 heavy (non-hydrogen) atoms. The Morgan fingerprint density at radius 1 is 1.81 bits per heavy atom. The predicted octanol–water partition coefficient (Wildman–Crippen LogP) is 0.937. The van der Waals surface area contributed by atoms with Crippen molar-refractivity contribution in [3.8, 4) is 6.07 Å². The number of cyclic esters (lactones) is 1. The van der Waals surface area contributed by atoms with Crippen LogP contribution in [0, 0.1) is 17.2 Å². The second-order valence-electron chi connectivity index (χ2n) is 3.51. The van der Waals surface area contributed by atoms with Gasteiger partial charge in [0.1, 0.15) is 11.6 Å². The van der Waals surface area contributed by atoms with Crippen molar-refractivity contribution in [1.29, 1.82) is 5.26 Å². The lowest BCUT2D eigenvalue weighted by atomic mass is 10.0. The quantitative estimate of drug-likeness (QED) is 0.590. The summed E-state index contributed by atoms with van der Waals surface area (Å²) < 4.78 is 4.85. The predicted molar refractivity (Wildman–Crippen MR) is 55.1 cm³/mol. The Kier molecular flexibility index (Phi) is 2.68. The molecule has 0 aliphatic carbocycles. The van der Waals surface area contributed by atoms with Gasteiger partial charge in [-0.05, 0) is 6.92 Å². The van der Waals surface area contributed by atoms with E-state index in [9.17, 15) is 4.79 Å². The summed E-state index contributed by atoms with van der Waals surface area (Å²) >= 11 is 0. The van der Waals surface area contributed by atoms with E-state index in [1.165, 1.54) is 6.20 Å². The van der Waals surface area contributed by atoms with E-state index in [0.717, 1.165) is 0 Å². The van der Waals surface area contributed by atoms with Crippen molar-refractivity contribution < 1.29 is 9.53 Å². The number of esters is 1. The van der Waals surface area contributed by atoms with Crippen LogP contribution in [0.1, 0.15) is 18.9 Å². The highest BCUT2D eigenvalue weighted by molar-refractivity contribution is 6.02. The van der Waals surface area contributed by atoms with Gasteiger partial charge in [-0.25, -0.2) is 4.99 Å².